The second-order valence-corrected chi connectivity index (χ2v) is 6.86. The molecule has 1 N–H and O–H groups in total. The third-order valence-electron chi connectivity index (χ3n) is 3.79. The minimum absolute atomic E-state index is 0.0149. The first-order chi connectivity index (χ1) is 12.4. The van der Waals surface area contributed by atoms with Crippen molar-refractivity contribution < 1.29 is 14.5 Å². The number of rotatable bonds is 8. The smallest absolute Gasteiger partial charge is 0.324 e. The minimum atomic E-state index is -0.446. The molecule has 1 unspecified atom stereocenters. The summed E-state index contributed by atoms with van der Waals surface area (Å²) in [5.41, 5.74) is 1.06. The maximum absolute atomic E-state index is 12.1. The van der Waals surface area contributed by atoms with Crippen LogP contribution in [0.1, 0.15) is 16.5 Å². The average Bonchev–Trinajstić information content (AvgIpc) is 3.10. The van der Waals surface area contributed by atoms with Gasteiger partial charge in [-0.25, -0.2) is 0 Å². The molecule has 0 aliphatic heterocycles. The summed E-state index contributed by atoms with van der Waals surface area (Å²) in [6.07, 6.45) is 2.96. The monoisotopic (exact) mass is 375 g/mol. The van der Waals surface area contributed by atoms with E-state index in [4.69, 9.17) is 4.74 Å². The fraction of sp³-hybridized carbons (Fsp3) is 0.278. The van der Waals surface area contributed by atoms with Gasteiger partial charge in [-0.05, 0) is 43.9 Å². The van der Waals surface area contributed by atoms with E-state index in [9.17, 15) is 14.9 Å². The molecule has 0 saturated heterocycles. The van der Waals surface area contributed by atoms with Gasteiger partial charge in [-0.1, -0.05) is 23.5 Å². The molecule has 26 heavy (non-hydrogen) atoms. The topological polar surface area (TPSA) is 84.7 Å². The zero-order valence-corrected chi connectivity index (χ0v) is 15.7. The number of hydrogen-bond donors (Lipinski definition) is 1. The number of ether oxygens (including phenoxy) is 1. The molecule has 1 heterocycles. The molecule has 138 valence electrons. The molecule has 0 aliphatic rings. The number of hydrogen-bond acceptors (Lipinski definition) is 6. The summed E-state index contributed by atoms with van der Waals surface area (Å²) in [7, 11) is 5.51. The van der Waals surface area contributed by atoms with Gasteiger partial charge in [0.2, 0.25) is 5.91 Å². The van der Waals surface area contributed by atoms with Crippen LogP contribution in [0.4, 0.5) is 5.00 Å². The van der Waals surface area contributed by atoms with Crippen LogP contribution in [-0.4, -0.2) is 43.5 Å². The highest BCUT2D eigenvalue weighted by atomic mass is 32.1. The number of carbonyl (C=O) groups excluding carboxylic acids is 1. The quantitative estimate of drug-likeness (QED) is 0.435. The number of nitro groups is 1. The van der Waals surface area contributed by atoms with Crippen molar-refractivity contribution >= 4 is 28.3 Å². The van der Waals surface area contributed by atoms with E-state index in [-0.39, 0.29) is 17.0 Å². The lowest BCUT2D eigenvalue weighted by atomic mass is 10.1. The molecule has 1 atom stereocenters. The van der Waals surface area contributed by atoms with Crippen LogP contribution in [0.25, 0.3) is 6.08 Å². The van der Waals surface area contributed by atoms with E-state index in [1.807, 2.05) is 43.3 Å². The standard InChI is InChI=1S/C18H21N3O4S/c1-20(2)16(13-4-6-14(25-3)7-5-13)12-19-17(22)10-8-15-9-11-18(26-15)21(23)24/h4-11,16H,12H2,1-3H3,(H,19,22)/b10-8+. The van der Waals surface area contributed by atoms with Crippen molar-refractivity contribution in [2.45, 2.75) is 6.04 Å². The van der Waals surface area contributed by atoms with Crippen molar-refractivity contribution in [3.05, 3.63) is 63.0 Å². The number of carbonyl (C=O) groups is 1. The number of amides is 1. The molecule has 2 rings (SSSR count). The Labute approximate surface area is 156 Å². The highest BCUT2D eigenvalue weighted by Crippen LogP contribution is 2.25. The van der Waals surface area contributed by atoms with Gasteiger partial charge in [0.1, 0.15) is 5.75 Å². The molecule has 2 aromatic rings. The van der Waals surface area contributed by atoms with Crippen LogP contribution in [0, 0.1) is 10.1 Å². The molecule has 0 fully saturated rings. The number of nitrogens with one attached hydrogen (secondary N) is 1. The van der Waals surface area contributed by atoms with Crippen LogP contribution in [0.3, 0.4) is 0 Å². The van der Waals surface area contributed by atoms with Crippen LogP contribution < -0.4 is 10.1 Å². The lowest BCUT2D eigenvalue weighted by molar-refractivity contribution is -0.380. The Morgan fingerprint density at radius 3 is 2.54 bits per heavy atom. The van der Waals surface area contributed by atoms with E-state index in [2.05, 4.69) is 5.32 Å². The molecule has 1 amide bonds. The molecule has 1 aromatic heterocycles. The van der Waals surface area contributed by atoms with Gasteiger partial charge in [0.15, 0.2) is 0 Å². The normalized spacial score (nSPS) is 12.3. The minimum Gasteiger partial charge on any atom is -0.497 e. The Balaban J connectivity index is 1.95. The van der Waals surface area contributed by atoms with Crippen LogP contribution in [0.5, 0.6) is 5.75 Å². The van der Waals surface area contributed by atoms with Gasteiger partial charge < -0.3 is 15.0 Å². The molecule has 7 nitrogen and oxygen atoms in total. The Kier molecular flexibility index (Phi) is 6.88. The first-order valence-electron chi connectivity index (χ1n) is 7.91. The third-order valence-corrected chi connectivity index (χ3v) is 4.79. The van der Waals surface area contributed by atoms with E-state index >= 15 is 0 Å². The second-order valence-electron chi connectivity index (χ2n) is 5.76. The fourth-order valence-corrected chi connectivity index (χ4v) is 3.09. The third kappa shape index (κ3) is 5.40. The lowest BCUT2D eigenvalue weighted by Gasteiger charge is -2.25. The number of methoxy groups -OCH3 is 1. The van der Waals surface area contributed by atoms with Crippen LogP contribution in [0.15, 0.2) is 42.5 Å². The zero-order chi connectivity index (χ0) is 19.1. The maximum atomic E-state index is 12.1. The van der Waals surface area contributed by atoms with E-state index in [1.54, 1.807) is 19.3 Å². The largest absolute Gasteiger partial charge is 0.497 e. The average molecular weight is 375 g/mol. The van der Waals surface area contributed by atoms with E-state index in [0.29, 0.717) is 11.4 Å². The summed E-state index contributed by atoms with van der Waals surface area (Å²) < 4.78 is 5.16. The molecule has 0 radical (unpaired) electrons. The number of nitrogens with zero attached hydrogens (tertiary/aromatic N) is 2. The van der Waals surface area contributed by atoms with Crippen molar-refractivity contribution in [2.75, 3.05) is 27.7 Å². The fourth-order valence-electron chi connectivity index (χ4n) is 2.37. The van der Waals surface area contributed by atoms with Gasteiger partial charge in [-0.2, -0.15) is 0 Å². The Morgan fingerprint density at radius 1 is 1.31 bits per heavy atom. The van der Waals surface area contributed by atoms with Gasteiger partial charge in [0.05, 0.1) is 18.1 Å². The van der Waals surface area contributed by atoms with Gasteiger partial charge in [0.25, 0.3) is 0 Å². The number of likely N-dealkylation sites (N-methyl/N-ethyl adjacent to an activating group) is 1. The summed E-state index contributed by atoms with van der Waals surface area (Å²) in [5, 5.41) is 13.6. The molecule has 0 saturated carbocycles. The first-order valence-corrected chi connectivity index (χ1v) is 8.73. The van der Waals surface area contributed by atoms with E-state index < -0.39 is 4.92 Å². The summed E-state index contributed by atoms with van der Waals surface area (Å²) in [6, 6.07) is 10.8. The van der Waals surface area contributed by atoms with Crippen molar-refractivity contribution in [3.8, 4) is 5.75 Å². The number of thiophene rings is 1. The van der Waals surface area contributed by atoms with Gasteiger partial charge >= 0.3 is 5.00 Å². The zero-order valence-electron chi connectivity index (χ0n) is 14.8. The highest BCUT2D eigenvalue weighted by Gasteiger charge is 2.15. The molecule has 0 spiro atoms. The lowest BCUT2D eigenvalue weighted by Crippen LogP contribution is -2.33. The number of benzene rings is 1. The van der Waals surface area contributed by atoms with Crippen LogP contribution >= 0.6 is 11.3 Å². The predicted molar refractivity (Wildman–Crippen MR) is 102 cm³/mol. The Bertz CT molecular complexity index is 784. The second kappa shape index (κ2) is 9.12. The Hall–Kier alpha value is -2.71. The summed E-state index contributed by atoms with van der Waals surface area (Å²) in [6.45, 7) is 0.438. The van der Waals surface area contributed by atoms with Gasteiger partial charge in [0, 0.05) is 23.6 Å². The molecule has 8 heteroatoms. The van der Waals surface area contributed by atoms with Gasteiger partial charge in [-0.3, -0.25) is 14.9 Å². The molecule has 0 aliphatic carbocycles. The van der Waals surface area contributed by atoms with E-state index in [1.165, 1.54) is 12.1 Å². The first kappa shape index (κ1) is 19.6. The van der Waals surface area contributed by atoms with Crippen LogP contribution in [-0.2, 0) is 4.79 Å². The Morgan fingerprint density at radius 2 is 2.00 bits per heavy atom. The highest BCUT2D eigenvalue weighted by molar-refractivity contribution is 7.16. The van der Waals surface area contributed by atoms with Crippen molar-refractivity contribution in [3.63, 3.8) is 0 Å². The van der Waals surface area contributed by atoms with Crippen LogP contribution in [0.2, 0.25) is 0 Å². The molecular formula is C18H21N3O4S. The molecule has 0 bridgehead atoms. The van der Waals surface area contributed by atoms with Crippen molar-refractivity contribution in [1.29, 1.82) is 0 Å². The van der Waals surface area contributed by atoms with Gasteiger partial charge in [-0.15, -0.1) is 0 Å². The summed E-state index contributed by atoms with van der Waals surface area (Å²) in [5.74, 6) is 0.532. The SMILES string of the molecule is COc1ccc(C(CNC(=O)/C=C/c2ccc([N+](=O)[O-])s2)N(C)C)cc1. The van der Waals surface area contributed by atoms with Crippen molar-refractivity contribution in [1.82, 2.24) is 10.2 Å². The maximum Gasteiger partial charge on any atom is 0.324 e. The molecule has 1 aromatic carbocycles. The summed E-state index contributed by atoms with van der Waals surface area (Å²) >= 11 is 1.03. The van der Waals surface area contributed by atoms with Crippen molar-refractivity contribution in [2.24, 2.45) is 0 Å². The van der Waals surface area contributed by atoms with E-state index in [0.717, 1.165) is 22.6 Å². The molecular weight excluding hydrogens is 354 g/mol. The summed E-state index contributed by atoms with van der Waals surface area (Å²) in [4.78, 5) is 25.0. The predicted octanol–water partition coefficient (Wildman–Crippen LogP) is 3.10.